The number of hydrogen-bond acceptors (Lipinski definition) is 3. The molecule has 0 atom stereocenters. The number of halogens is 1. The SMILES string of the molecule is Cc1ccccc1N=Cc1ccc(N2CCOCC2)c(F)c1. The molecule has 3 nitrogen and oxygen atoms in total. The molecule has 1 saturated heterocycles. The highest BCUT2D eigenvalue weighted by molar-refractivity contribution is 5.83. The van der Waals surface area contributed by atoms with Crippen LogP contribution in [0.4, 0.5) is 15.8 Å². The third-order valence-corrected chi connectivity index (χ3v) is 3.79. The number of para-hydroxylation sites is 1. The summed E-state index contributed by atoms with van der Waals surface area (Å²) in [6, 6.07) is 13.1. The molecule has 3 rings (SSSR count). The number of rotatable bonds is 3. The zero-order valence-electron chi connectivity index (χ0n) is 12.6. The van der Waals surface area contributed by atoms with Gasteiger partial charge < -0.3 is 9.64 Å². The number of anilines is 1. The molecule has 0 radical (unpaired) electrons. The van der Waals surface area contributed by atoms with Crippen molar-refractivity contribution < 1.29 is 9.13 Å². The van der Waals surface area contributed by atoms with Crippen LogP contribution >= 0.6 is 0 Å². The molecule has 114 valence electrons. The molecule has 1 fully saturated rings. The highest BCUT2D eigenvalue weighted by atomic mass is 19.1. The van der Waals surface area contributed by atoms with Gasteiger partial charge >= 0.3 is 0 Å². The van der Waals surface area contributed by atoms with Crippen LogP contribution in [0.2, 0.25) is 0 Å². The van der Waals surface area contributed by atoms with Crippen molar-refractivity contribution in [2.24, 2.45) is 4.99 Å². The third-order valence-electron chi connectivity index (χ3n) is 3.79. The first kappa shape index (κ1) is 14.7. The molecule has 22 heavy (non-hydrogen) atoms. The van der Waals surface area contributed by atoms with E-state index >= 15 is 0 Å². The van der Waals surface area contributed by atoms with Crippen molar-refractivity contribution in [2.45, 2.75) is 6.92 Å². The van der Waals surface area contributed by atoms with Gasteiger partial charge in [-0.1, -0.05) is 24.3 Å². The van der Waals surface area contributed by atoms with E-state index in [1.165, 1.54) is 6.07 Å². The second kappa shape index (κ2) is 6.71. The Kier molecular flexibility index (Phi) is 4.49. The number of ether oxygens (including phenoxy) is 1. The van der Waals surface area contributed by atoms with Gasteiger partial charge in [0.05, 0.1) is 24.6 Å². The number of morpholine rings is 1. The first-order valence-corrected chi connectivity index (χ1v) is 7.46. The lowest BCUT2D eigenvalue weighted by Gasteiger charge is -2.29. The Labute approximate surface area is 130 Å². The number of benzene rings is 2. The van der Waals surface area contributed by atoms with Crippen LogP contribution < -0.4 is 4.90 Å². The number of aryl methyl sites for hydroxylation is 1. The summed E-state index contributed by atoms with van der Waals surface area (Å²) in [4.78, 5) is 6.45. The van der Waals surface area contributed by atoms with E-state index in [0.29, 0.717) is 18.9 Å². The zero-order valence-corrected chi connectivity index (χ0v) is 12.6. The van der Waals surface area contributed by atoms with Crippen LogP contribution in [0.5, 0.6) is 0 Å². The molecule has 0 unspecified atom stereocenters. The summed E-state index contributed by atoms with van der Waals surface area (Å²) < 4.78 is 19.6. The number of nitrogens with zero attached hydrogens (tertiary/aromatic N) is 2. The smallest absolute Gasteiger partial charge is 0.147 e. The fourth-order valence-corrected chi connectivity index (χ4v) is 2.52. The molecule has 0 amide bonds. The predicted octanol–water partition coefficient (Wildman–Crippen LogP) is 3.72. The van der Waals surface area contributed by atoms with Crippen LogP contribution in [0, 0.1) is 12.7 Å². The number of hydrogen-bond donors (Lipinski definition) is 0. The maximum absolute atomic E-state index is 14.3. The van der Waals surface area contributed by atoms with E-state index < -0.39 is 0 Å². The Morgan fingerprint density at radius 2 is 1.91 bits per heavy atom. The van der Waals surface area contributed by atoms with Crippen molar-refractivity contribution in [2.75, 3.05) is 31.2 Å². The topological polar surface area (TPSA) is 24.8 Å². The Bertz CT molecular complexity index is 679. The van der Waals surface area contributed by atoms with Crippen molar-refractivity contribution in [3.63, 3.8) is 0 Å². The summed E-state index contributed by atoms with van der Waals surface area (Å²) in [6.07, 6.45) is 1.70. The van der Waals surface area contributed by atoms with Crippen LogP contribution in [0.15, 0.2) is 47.5 Å². The molecule has 1 aliphatic rings. The van der Waals surface area contributed by atoms with Gasteiger partial charge in [0, 0.05) is 19.3 Å². The van der Waals surface area contributed by atoms with Gasteiger partial charge in [-0.05, 0) is 36.2 Å². The van der Waals surface area contributed by atoms with Crippen LogP contribution in [0.25, 0.3) is 0 Å². The van der Waals surface area contributed by atoms with Crippen molar-refractivity contribution in [3.05, 3.63) is 59.4 Å². The molecular weight excluding hydrogens is 279 g/mol. The Hall–Kier alpha value is -2.20. The summed E-state index contributed by atoms with van der Waals surface area (Å²) in [5, 5.41) is 0. The molecule has 2 aromatic rings. The normalized spacial score (nSPS) is 15.5. The first-order valence-electron chi connectivity index (χ1n) is 7.46. The summed E-state index contributed by atoms with van der Waals surface area (Å²) in [6.45, 7) is 4.77. The van der Waals surface area contributed by atoms with Gasteiger partial charge in [0.1, 0.15) is 5.82 Å². The summed E-state index contributed by atoms with van der Waals surface area (Å²) in [5.74, 6) is -0.212. The maximum Gasteiger partial charge on any atom is 0.147 e. The van der Waals surface area contributed by atoms with E-state index in [2.05, 4.69) is 4.99 Å². The van der Waals surface area contributed by atoms with Crippen LogP contribution in [-0.4, -0.2) is 32.5 Å². The average Bonchev–Trinajstić information content (AvgIpc) is 2.55. The minimum Gasteiger partial charge on any atom is -0.378 e. The zero-order chi connectivity index (χ0) is 15.4. The first-order chi connectivity index (χ1) is 10.7. The van der Waals surface area contributed by atoms with Crippen LogP contribution in [0.3, 0.4) is 0 Å². The highest BCUT2D eigenvalue weighted by Gasteiger charge is 2.14. The van der Waals surface area contributed by atoms with Gasteiger partial charge in [0.2, 0.25) is 0 Å². The molecule has 0 bridgehead atoms. The molecule has 0 N–H and O–H groups in total. The Morgan fingerprint density at radius 3 is 2.64 bits per heavy atom. The lowest BCUT2D eigenvalue weighted by atomic mass is 10.1. The highest BCUT2D eigenvalue weighted by Crippen LogP contribution is 2.22. The molecule has 0 saturated carbocycles. The molecule has 4 heteroatoms. The van der Waals surface area contributed by atoms with Gasteiger partial charge in [0.15, 0.2) is 0 Å². The average molecular weight is 298 g/mol. The van der Waals surface area contributed by atoms with Gasteiger partial charge in [-0.2, -0.15) is 0 Å². The molecular formula is C18H19FN2O. The van der Waals surface area contributed by atoms with Crippen LogP contribution in [-0.2, 0) is 4.74 Å². The number of aliphatic imine (C=N–C) groups is 1. The minimum absolute atomic E-state index is 0.212. The Balaban J connectivity index is 1.78. The third kappa shape index (κ3) is 3.34. The lowest BCUT2D eigenvalue weighted by Crippen LogP contribution is -2.36. The largest absolute Gasteiger partial charge is 0.378 e. The van der Waals surface area contributed by atoms with Crippen molar-refractivity contribution in [1.82, 2.24) is 0 Å². The van der Waals surface area contributed by atoms with E-state index in [4.69, 9.17) is 4.74 Å². The van der Waals surface area contributed by atoms with E-state index in [0.717, 1.165) is 29.9 Å². The maximum atomic E-state index is 14.3. The van der Waals surface area contributed by atoms with E-state index in [1.54, 1.807) is 6.21 Å². The fraction of sp³-hybridized carbons (Fsp3) is 0.278. The molecule has 1 aliphatic heterocycles. The summed E-state index contributed by atoms with van der Waals surface area (Å²) >= 11 is 0. The van der Waals surface area contributed by atoms with Crippen LogP contribution in [0.1, 0.15) is 11.1 Å². The predicted molar refractivity (Wildman–Crippen MR) is 87.9 cm³/mol. The molecule has 1 heterocycles. The monoisotopic (exact) mass is 298 g/mol. The summed E-state index contributed by atoms with van der Waals surface area (Å²) in [5.41, 5.74) is 3.40. The van der Waals surface area contributed by atoms with E-state index in [1.807, 2.05) is 48.2 Å². The fourth-order valence-electron chi connectivity index (χ4n) is 2.52. The molecule has 0 aromatic heterocycles. The van der Waals surface area contributed by atoms with Gasteiger partial charge in [-0.3, -0.25) is 4.99 Å². The molecule has 2 aromatic carbocycles. The second-order valence-electron chi connectivity index (χ2n) is 5.35. The van der Waals surface area contributed by atoms with Gasteiger partial charge in [-0.25, -0.2) is 4.39 Å². The van der Waals surface area contributed by atoms with E-state index in [9.17, 15) is 4.39 Å². The van der Waals surface area contributed by atoms with E-state index in [-0.39, 0.29) is 5.82 Å². The Morgan fingerprint density at radius 1 is 1.14 bits per heavy atom. The molecule has 0 aliphatic carbocycles. The van der Waals surface area contributed by atoms with Crippen molar-refractivity contribution in [1.29, 1.82) is 0 Å². The van der Waals surface area contributed by atoms with Gasteiger partial charge in [0.25, 0.3) is 0 Å². The van der Waals surface area contributed by atoms with Gasteiger partial charge in [-0.15, -0.1) is 0 Å². The minimum atomic E-state index is -0.212. The van der Waals surface area contributed by atoms with Crippen molar-refractivity contribution >= 4 is 17.6 Å². The van der Waals surface area contributed by atoms with Crippen molar-refractivity contribution in [3.8, 4) is 0 Å². The quantitative estimate of drug-likeness (QED) is 0.807. The summed E-state index contributed by atoms with van der Waals surface area (Å²) in [7, 11) is 0. The molecule has 0 spiro atoms. The standard InChI is InChI=1S/C18H19FN2O/c1-14-4-2-3-5-17(14)20-13-15-6-7-18(16(19)12-15)21-8-10-22-11-9-21/h2-7,12-13H,8-11H2,1H3. The second-order valence-corrected chi connectivity index (χ2v) is 5.35. The lowest BCUT2D eigenvalue weighted by molar-refractivity contribution is 0.122.